The number of hydrogen-bond acceptors (Lipinski definition) is 3. The van der Waals surface area contributed by atoms with Gasteiger partial charge in [-0.3, -0.25) is 4.79 Å². The lowest BCUT2D eigenvalue weighted by Gasteiger charge is -2.17. The predicted octanol–water partition coefficient (Wildman–Crippen LogP) is 4.14. The Bertz CT molecular complexity index is 926. The Morgan fingerprint density at radius 2 is 2.04 bits per heavy atom. The third-order valence-corrected chi connectivity index (χ3v) is 4.21. The van der Waals surface area contributed by atoms with E-state index in [1.54, 1.807) is 7.11 Å². The lowest BCUT2D eigenvalue weighted by Crippen LogP contribution is -2.14. The second-order valence-electron chi connectivity index (χ2n) is 6.25. The van der Waals surface area contributed by atoms with Gasteiger partial charge >= 0.3 is 0 Å². The molecule has 0 radical (unpaired) electrons. The molecule has 0 aliphatic carbocycles. The molecule has 1 N–H and O–H groups in total. The molecule has 142 valence electrons. The SMILES string of the molecule is COCC(C)n1c(C)cc(/C=C(\C#N)C(=O)Nc2ccc(F)c(F)c2)c1C. The van der Waals surface area contributed by atoms with Gasteiger partial charge in [0.05, 0.1) is 12.6 Å². The Balaban J connectivity index is 2.30. The van der Waals surface area contributed by atoms with Crippen molar-refractivity contribution in [2.75, 3.05) is 19.0 Å². The number of rotatable bonds is 6. The van der Waals surface area contributed by atoms with Crippen LogP contribution in [0.1, 0.15) is 29.9 Å². The van der Waals surface area contributed by atoms with Crippen LogP contribution in [0.4, 0.5) is 14.5 Å². The van der Waals surface area contributed by atoms with E-state index in [1.165, 1.54) is 12.1 Å². The summed E-state index contributed by atoms with van der Waals surface area (Å²) in [7, 11) is 1.63. The van der Waals surface area contributed by atoms with Gasteiger partial charge in [0.1, 0.15) is 11.6 Å². The van der Waals surface area contributed by atoms with E-state index >= 15 is 0 Å². The number of nitrogens with zero attached hydrogens (tertiary/aromatic N) is 2. The van der Waals surface area contributed by atoms with Crippen LogP contribution in [0.3, 0.4) is 0 Å². The highest BCUT2D eigenvalue weighted by molar-refractivity contribution is 6.09. The maximum absolute atomic E-state index is 13.3. The summed E-state index contributed by atoms with van der Waals surface area (Å²) in [6, 6.07) is 6.82. The number of benzene rings is 1. The second-order valence-corrected chi connectivity index (χ2v) is 6.25. The number of methoxy groups -OCH3 is 1. The first-order chi connectivity index (χ1) is 12.8. The summed E-state index contributed by atoms with van der Waals surface area (Å²) in [5.41, 5.74) is 2.53. The van der Waals surface area contributed by atoms with Crippen LogP contribution in [0.5, 0.6) is 0 Å². The zero-order chi connectivity index (χ0) is 20.1. The molecule has 0 aliphatic heterocycles. The van der Waals surface area contributed by atoms with Crippen molar-refractivity contribution in [1.29, 1.82) is 5.26 Å². The van der Waals surface area contributed by atoms with Crippen molar-refractivity contribution in [3.63, 3.8) is 0 Å². The quantitative estimate of drug-likeness (QED) is 0.611. The zero-order valence-electron chi connectivity index (χ0n) is 15.6. The van der Waals surface area contributed by atoms with Crippen molar-refractivity contribution >= 4 is 17.7 Å². The molecule has 27 heavy (non-hydrogen) atoms. The molecule has 1 heterocycles. The lowest BCUT2D eigenvalue weighted by molar-refractivity contribution is -0.112. The maximum atomic E-state index is 13.3. The van der Waals surface area contributed by atoms with Crippen LogP contribution in [0.15, 0.2) is 29.8 Å². The summed E-state index contributed by atoms with van der Waals surface area (Å²) in [6.07, 6.45) is 1.48. The summed E-state index contributed by atoms with van der Waals surface area (Å²) in [5.74, 6) is -2.79. The van der Waals surface area contributed by atoms with Gasteiger partial charge in [0.15, 0.2) is 11.6 Å². The lowest BCUT2D eigenvalue weighted by atomic mass is 10.1. The molecule has 1 amide bonds. The molecule has 0 saturated heterocycles. The molecule has 0 bridgehead atoms. The van der Waals surface area contributed by atoms with Crippen LogP contribution >= 0.6 is 0 Å². The summed E-state index contributed by atoms with van der Waals surface area (Å²) in [6.45, 7) is 6.37. The number of carbonyl (C=O) groups excluding carboxylic acids is 1. The number of anilines is 1. The predicted molar refractivity (Wildman–Crippen MR) is 99.1 cm³/mol. The van der Waals surface area contributed by atoms with E-state index in [1.807, 2.05) is 32.9 Å². The van der Waals surface area contributed by atoms with E-state index in [0.717, 1.165) is 29.1 Å². The van der Waals surface area contributed by atoms with Gasteiger partial charge in [-0.05, 0) is 50.6 Å². The molecule has 1 atom stereocenters. The topological polar surface area (TPSA) is 67.0 Å². The van der Waals surface area contributed by atoms with Crippen LogP contribution in [-0.2, 0) is 9.53 Å². The summed E-state index contributed by atoms with van der Waals surface area (Å²) < 4.78 is 33.5. The Labute approximate surface area is 156 Å². The molecular weight excluding hydrogens is 352 g/mol. The highest BCUT2D eigenvalue weighted by Crippen LogP contribution is 2.23. The van der Waals surface area contributed by atoms with Crippen LogP contribution in [-0.4, -0.2) is 24.2 Å². The van der Waals surface area contributed by atoms with Crippen LogP contribution in [0.2, 0.25) is 0 Å². The highest BCUT2D eigenvalue weighted by Gasteiger charge is 2.16. The Kier molecular flexibility index (Phi) is 6.48. The molecule has 5 nitrogen and oxygen atoms in total. The number of ether oxygens (including phenoxy) is 1. The molecular formula is C20H21F2N3O2. The number of aryl methyl sites for hydroxylation is 1. The van der Waals surface area contributed by atoms with Crippen molar-refractivity contribution in [3.8, 4) is 6.07 Å². The number of aromatic nitrogens is 1. The van der Waals surface area contributed by atoms with Gasteiger partial charge in [0.2, 0.25) is 0 Å². The van der Waals surface area contributed by atoms with E-state index in [0.29, 0.717) is 6.61 Å². The standard InChI is InChI=1S/C20H21F2N3O2/c1-12-7-15(14(3)25(12)13(2)11-27-4)8-16(10-23)20(26)24-17-5-6-18(21)19(22)9-17/h5-9,13H,11H2,1-4H3,(H,24,26)/b16-8+. The summed E-state index contributed by atoms with van der Waals surface area (Å²) in [4.78, 5) is 12.3. The zero-order valence-corrected chi connectivity index (χ0v) is 15.6. The molecule has 0 spiro atoms. The minimum absolute atomic E-state index is 0.0687. The fraction of sp³-hybridized carbons (Fsp3) is 0.300. The number of amides is 1. The van der Waals surface area contributed by atoms with Crippen molar-refractivity contribution in [3.05, 3.63) is 58.4 Å². The third-order valence-electron chi connectivity index (χ3n) is 4.21. The number of carbonyl (C=O) groups is 1. The second kappa shape index (κ2) is 8.60. The van der Waals surface area contributed by atoms with Crippen molar-refractivity contribution < 1.29 is 18.3 Å². The third kappa shape index (κ3) is 4.60. The van der Waals surface area contributed by atoms with E-state index < -0.39 is 17.5 Å². The van der Waals surface area contributed by atoms with Crippen LogP contribution < -0.4 is 5.32 Å². The van der Waals surface area contributed by atoms with Crippen LogP contribution in [0.25, 0.3) is 6.08 Å². The Morgan fingerprint density at radius 3 is 2.63 bits per heavy atom. The number of nitriles is 1. The van der Waals surface area contributed by atoms with E-state index in [-0.39, 0.29) is 17.3 Å². The van der Waals surface area contributed by atoms with Gasteiger partial charge in [0, 0.05) is 30.3 Å². The average Bonchev–Trinajstić information content (AvgIpc) is 2.89. The fourth-order valence-electron chi connectivity index (χ4n) is 3.02. The molecule has 0 fully saturated rings. The first kappa shape index (κ1) is 20.3. The smallest absolute Gasteiger partial charge is 0.266 e. The van der Waals surface area contributed by atoms with Crippen molar-refractivity contribution in [1.82, 2.24) is 4.57 Å². The monoisotopic (exact) mass is 373 g/mol. The minimum atomic E-state index is -1.08. The molecule has 7 heteroatoms. The van der Waals surface area contributed by atoms with Gasteiger partial charge in [-0.25, -0.2) is 8.78 Å². The van der Waals surface area contributed by atoms with Gasteiger partial charge in [-0.15, -0.1) is 0 Å². The number of halogens is 2. The average molecular weight is 373 g/mol. The van der Waals surface area contributed by atoms with Gasteiger partial charge in [0.25, 0.3) is 5.91 Å². The molecule has 1 aromatic heterocycles. The summed E-state index contributed by atoms with van der Waals surface area (Å²) in [5, 5.41) is 11.8. The van der Waals surface area contributed by atoms with Gasteiger partial charge < -0.3 is 14.6 Å². The molecule has 1 aromatic carbocycles. The normalized spacial score (nSPS) is 12.6. The Morgan fingerprint density at radius 1 is 1.33 bits per heavy atom. The highest BCUT2D eigenvalue weighted by atomic mass is 19.2. The Hall–Kier alpha value is -2.98. The summed E-state index contributed by atoms with van der Waals surface area (Å²) >= 11 is 0. The molecule has 1 unspecified atom stereocenters. The molecule has 2 rings (SSSR count). The first-order valence-electron chi connectivity index (χ1n) is 8.34. The van der Waals surface area contributed by atoms with Crippen LogP contribution in [0, 0.1) is 36.8 Å². The number of nitrogens with one attached hydrogen (secondary N) is 1. The molecule has 2 aromatic rings. The number of hydrogen-bond donors (Lipinski definition) is 1. The molecule has 0 saturated carbocycles. The van der Waals surface area contributed by atoms with E-state index in [2.05, 4.69) is 9.88 Å². The van der Waals surface area contributed by atoms with E-state index in [4.69, 9.17) is 4.74 Å². The van der Waals surface area contributed by atoms with Gasteiger partial charge in [-0.2, -0.15) is 5.26 Å². The minimum Gasteiger partial charge on any atom is -0.383 e. The first-order valence-corrected chi connectivity index (χ1v) is 8.34. The largest absolute Gasteiger partial charge is 0.383 e. The van der Waals surface area contributed by atoms with Crippen molar-refractivity contribution in [2.24, 2.45) is 0 Å². The maximum Gasteiger partial charge on any atom is 0.266 e. The fourth-order valence-corrected chi connectivity index (χ4v) is 3.02. The van der Waals surface area contributed by atoms with Crippen molar-refractivity contribution in [2.45, 2.75) is 26.8 Å². The van der Waals surface area contributed by atoms with E-state index in [9.17, 15) is 18.8 Å². The van der Waals surface area contributed by atoms with Gasteiger partial charge in [-0.1, -0.05) is 0 Å². The molecule has 0 aliphatic rings.